The Bertz CT molecular complexity index is 689. The first kappa shape index (κ1) is 15.8. The quantitative estimate of drug-likeness (QED) is 0.922. The maximum Gasteiger partial charge on any atom is 0.262 e. The molecule has 0 saturated heterocycles. The molecule has 0 aromatic heterocycles. The fraction of sp³-hybridized carbons (Fsp3) is 0.188. The van der Waals surface area contributed by atoms with E-state index in [0.717, 1.165) is 17.7 Å². The molecule has 1 N–H and O–H groups in total. The molecule has 2 aromatic rings. The zero-order valence-corrected chi connectivity index (χ0v) is 12.2. The van der Waals surface area contributed by atoms with Gasteiger partial charge in [0.2, 0.25) is 0 Å². The number of halogens is 2. The first-order valence-corrected chi connectivity index (χ1v) is 6.52. The number of hydrogen-bond acceptors (Lipinski definition) is 3. The number of aryl methyl sites for hydroxylation is 1. The van der Waals surface area contributed by atoms with Crippen LogP contribution < -0.4 is 14.8 Å². The highest BCUT2D eigenvalue weighted by molar-refractivity contribution is 5.93. The van der Waals surface area contributed by atoms with Crippen LogP contribution >= 0.6 is 0 Å². The molecule has 116 valence electrons. The van der Waals surface area contributed by atoms with Gasteiger partial charge in [-0.1, -0.05) is 6.07 Å². The van der Waals surface area contributed by atoms with Crippen LogP contribution in [-0.2, 0) is 4.79 Å². The maximum absolute atomic E-state index is 13.0. The molecule has 0 radical (unpaired) electrons. The van der Waals surface area contributed by atoms with Gasteiger partial charge in [-0.05, 0) is 36.8 Å². The summed E-state index contributed by atoms with van der Waals surface area (Å²) in [6.45, 7) is 1.55. The summed E-state index contributed by atoms with van der Waals surface area (Å²) in [7, 11) is 1.50. The van der Waals surface area contributed by atoms with Crippen molar-refractivity contribution in [2.75, 3.05) is 19.0 Å². The molecule has 0 fully saturated rings. The van der Waals surface area contributed by atoms with Crippen molar-refractivity contribution < 1.29 is 23.0 Å². The Morgan fingerprint density at radius 3 is 2.59 bits per heavy atom. The molecular weight excluding hydrogens is 292 g/mol. The third-order valence-electron chi connectivity index (χ3n) is 2.89. The van der Waals surface area contributed by atoms with E-state index in [1.807, 2.05) is 13.0 Å². The highest BCUT2D eigenvalue weighted by Crippen LogP contribution is 2.25. The lowest BCUT2D eigenvalue weighted by molar-refractivity contribution is -0.118. The molecule has 0 aliphatic rings. The first-order chi connectivity index (χ1) is 10.5. The van der Waals surface area contributed by atoms with Crippen LogP contribution in [0.1, 0.15) is 5.56 Å². The van der Waals surface area contributed by atoms with Crippen LogP contribution in [-0.4, -0.2) is 19.6 Å². The highest BCUT2D eigenvalue weighted by atomic mass is 19.2. The predicted octanol–water partition coefficient (Wildman–Crippen LogP) is 3.30. The molecule has 0 spiro atoms. The maximum atomic E-state index is 13.0. The van der Waals surface area contributed by atoms with E-state index >= 15 is 0 Å². The third-order valence-corrected chi connectivity index (χ3v) is 2.89. The number of ether oxygens (including phenoxy) is 2. The van der Waals surface area contributed by atoms with Crippen LogP contribution in [0.2, 0.25) is 0 Å². The molecular formula is C16H15F2NO3. The van der Waals surface area contributed by atoms with Crippen LogP contribution in [0.25, 0.3) is 0 Å². The van der Waals surface area contributed by atoms with Gasteiger partial charge in [0, 0.05) is 6.07 Å². The van der Waals surface area contributed by atoms with Gasteiger partial charge in [0.1, 0.15) is 11.5 Å². The number of anilines is 1. The van der Waals surface area contributed by atoms with Crippen molar-refractivity contribution in [2.45, 2.75) is 6.92 Å². The van der Waals surface area contributed by atoms with E-state index in [-0.39, 0.29) is 12.4 Å². The Hall–Kier alpha value is -2.63. The third kappa shape index (κ3) is 3.94. The summed E-state index contributed by atoms with van der Waals surface area (Å²) in [5, 5.41) is 2.64. The molecule has 1 amide bonds. The second kappa shape index (κ2) is 6.89. The molecule has 22 heavy (non-hydrogen) atoms. The van der Waals surface area contributed by atoms with Crippen molar-refractivity contribution in [3.8, 4) is 11.5 Å². The van der Waals surface area contributed by atoms with Crippen molar-refractivity contribution in [1.82, 2.24) is 0 Å². The largest absolute Gasteiger partial charge is 0.495 e. The monoisotopic (exact) mass is 307 g/mol. The van der Waals surface area contributed by atoms with Gasteiger partial charge >= 0.3 is 0 Å². The fourth-order valence-corrected chi connectivity index (χ4v) is 1.82. The van der Waals surface area contributed by atoms with Gasteiger partial charge in [-0.25, -0.2) is 8.78 Å². The molecule has 0 aliphatic heterocycles. The number of carbonyl (C=O) groups excluding carboxylic acids is 1. The topological polar surface area (TPSA) is 47.6 Å². The minimum atomic E-state index is -1.03. The SMILES string of the molecule is COc1ccc(C)cc1NC(=O)COc1ccc(F)c(F)c1. The number of nitrogens with one attached hydrogen (secondary N) is 1. The van der Waals surface area contributed by atoms with Gasteiger partial charge in [-0.15, -0.1) is 0 Å². The summed E-state index contributed by atoms with van der Waals surface area (Å²) >= 11 is 0. The van der Waals surface area contributed by atoms with E-state index in [1.54, 1.807) is 12.1 Å². The Morgan fingerprint density at radius 1 is 1.14 bits per heavy atom. The van der Waals surface area contributed by atoms with Gasteiger partial charge < -0.3 is 14.8 Å². The van der Waals surface area contributed by atoms with E-state index in [4.69, 9.17) is 9.47 Å². The van der Waals surface area contributed by atoms with Crippen LogP contribution in [0.5, 0.6) is 11.5 Å². The van der Waals surface area contributed by atoms with E-state index in [1.165, 1.54) is 13.2 Å². The fourth-order valence-electron chi connectivity index (χ4n) is 1.82. The molecule has 0 saturated carbocycles. The van der Waals surface area contributed by atoms with E-state index in [9.17, 15) is 13.6 Å². The normalized spacial score (nSPS) is 10.2. The second-order valence-corrected chi connectivity index (χ2v) is 4.62. The van der Waals surface area contributed by atoms with Crippen molar-refractivity contribution in [3.63, 3.8) is 0 Å². The number of methoxy groups -OCH3 is 1. The molecule has 0 atom stereocenters. The van der Waals surface area contributed by atoms with E-state index < -0.39 is 17.5 Å². The number of benzene rings is 2. The lowest BCUT2D eigenvalue weighted by atomic mass is 10.2. The molecule has 0 aliphatic carbocycles. The molecule has 6 heteroatoms. The Balaban J connectivity index is 1.98. The average molecular weight is 307 g/mol. The van der Waals surface area contributed by atoms with Crippen molar-refractivity contribution >= 4 is 11.6 Å². The molecule has 2 rings (SSSR count). The average Bonchev–Trinajstić information content (AvgIpc) is 2.49. The highest BCUT2D eigenvalue weighted by Gasteiger charge is 2.09. The molecule has 0 heterocycles. The molecule has 4 nitrogen and oxygen atoms in total. The number of amides is 1. The smallest absolute Gasteiger partial charge is 0.262 e. The van der Waals surface area contributed by atoms with Crippen molar-refractivity contribution in [1.29, 1.82) is 0 Å². The number of hydrogen-bond donors (Lipinski definition) is 1. The Kier molecular flexibility index (Phi) is 4.93. The second-order valence-electron chi connectivity index (χ2n) is 4.62. The number of carbonyl (C=O) groups is 1. The molecule has 2 aromatic carbocycles. The lowest BCUT2D eigenvalue weighted by Crippen LogP contribution is -2.20. The van der Waals surface area contributed by atoms with Gasteiger partial charge in [-0.3, -0.25) is 4.79 Å². The summed E-state index contributed by atoms with van der Waals surface area (Å²) in [6.07, 6.45) is 0. The van der Waals surface area contributed by atoms with E-state index in [2.05, 4.69) is 5.32 Å². The minimum absolute atomic E-state index is 0.0743. The summed E-state index contributed by atoms with van der Waals surface area (Å²) < 4.78 is 36.1. The van der Waals surface area contributed by atoms with Crippen LogP contribution in [0.15, 0.2) is 36.4 Å². The van der Waals surface area contributed by atoms with Crippen LogP contribution in [0.4, 0.5) is 14.5 Å². The molecule has 0 bridgehead atoms. The Labute approximate surface area is 126 Å². The summed E-state index contributed by atoms with van der Waals surface area (Å²) in [5.74, 6) is -1.84. The van der Waals surface area contributed by atoms with Gasteiger partial charge in [0.05, 0.1) is 12.8 Å². The van der Waals surface area contributed by atoms with Crippen LogP contribution in [0.3, 0.4) is 0 Å². The predicted molar refractivity (Wildman–Crippen MR) is 78.2 cm³/mol. The van der Waals surface area contributed by atoms with E-state index in [0.29, 0.717) is 11.4 Å². The summed E-state index contributed by atoms with van der Waals surface area (Å²) in [5.41, 5.74) is 1.47. The summed E-state index contributed by atoms with van der Waals surface area (Å²) in [4.78, 5) is 11.9. The lowest BCUT2D eigenvalue weighted by Gasteiger charge is -2.11. The first-order valence-electron chi connectivity index (χ1n) is 6.52. The van der Waals surface area contributed by atoms with Crippen molar-refractivity contribution in [3.05, 3.63) is 53.6 Å². The number of rotatable bonds is 5. The van der Waals surface area contributed by atoms with Crippen molar-refractivity contribution in [2.24, 2.45) is 0 Å². The zero-order chi connectivity index (χ0) is 16.1. The minimum Gasteiger partial charge on any atom is -0.495 e. The Morgan fingerprint density at radius 2 is 1.91 bits per heavy atom. The summed E-state index contributed by atoms with van der Waals surface area (Å²) in [6, 6.07) is 8.42. The van der Waals surface area contributed by atoms with Gasteiger partial charge in [-0.2, -0.15) is 0 Å². The van der Waals surface area contributed by atoms with Gasteiger partial charge in [0.15, 0.2) is 18.2 Å². The molecule has 0 unspecified atom stereocenters. The van der Waals surface area contributed by atoms with Crippen LogP contribution in [0, 0.1) is 18.6 Å². The van der Waals surface area contributed by atoms with Gasteiger partial charge in [0.25, 0.3) is 5.91 Å². The standard InChI is InChI=1S/C16H15F2NO3/c1-10-3-6-15(21-2)14(7-10)19-16(20)9-22-11-4-5-12(17)13(18)8-11/h3-8H,9H2,1-2H3,(H,19,20). The zero-order valence-electron chi connectivity index (χ0n) is 12.2.